The summed E-state index contributed by atoms with van der Waals surface area (Å²) in [4.78, 5) is 13.8. The van der Waals surface area contributed by atoms with Crippen LogP contribution >= 0.6 is 0 Å². The van der Waals surface area contributed by atoms with Crippen molar-refractivity contribution in [2.24, 2.45) is 11.1 Å². The molecule has 2 heterocycles. The molecule has 1 unspecified atom stereocenters. The van der Waals surface area contributed by atoms with Gasteiger partial charge in [-0.3, -0.25) is 9.89 Å². The van der Waals surface area contributed by atoms with E-state index >= 15 is 0 Å². The van der Waals surface area contributed by atoms with Gasteiger partial charge >= 0.3 is 0 Å². The third-order valence-corrected chi connectivity index (χ3v) is 4.35. The van der Waals surface area contributed by atoms with Crippen LogP contribution < -0.4 is 5.14 Å². The molecule has 0 spiro atoms. The Hall–Kier alpha value is -1.41. The maximum atomic E-state index is 12.3. The Kier molecular flexibility index (Phi) is 3.64. The number of H-pyrrole nitrogens is 1. The number of hydrogen-bond donors (Lipinski definition) is 2. The standard InChI is InChI=1S/C11H18N4O3S/c1-3-8-10(19(12,17)18)9(14-13-8)11(16)15-5-4-7(2)6-15/h7H,3-6H2,1-2H3,(H,13,14)(H2,12,17,18). The average molecular weight is 286 g/mol. The van der Waals surface area contributed by atoms with Crippen molar-refractivity contribution in [3.8, 4) is 0 Å². The van der Waals surface area contributed by atoms with Crippen molar-refractivity contribution in [2.45, 2.75) is 31.6 Å². The largest absolute Gasteiger partial charge is 0.337 e. The fraction of sp³-hybridized carbons (Fsp3) is 0.636. The quantitative estimate of drug-likeness (QED) is 0.821. The highest BCUT2D eigenvalue weighted by molar-refractivity contribution is 7.89. The van der Waals surface area contributed by atoms with Crippen molar-refractivity contribution < 1.29 is 13.2 Å². The Morgan fingerprint density at radius 1 is 1.58 bits per heavy atom. The van der Waals surface area contributed by atoms with Gasteiger partial charge in [-0.25, -0.2) is 13.6 Å². The zero-order chi connectivity index (χ0) is 14.2. The molecule has 2 rings (SSSR count). The Bertz CT molecular complexity index is 593. The Morgan fingerprint density at radius 3 is 2.74 bits per heavy atom. The highest BCUT2D eigenvalue weighted by atomic mass is 32.2. The molecule has 0 aliphatic carbocycles. The number of aryl methyl sites for hydroxylation is 1. The highest BCUT2D eigenvalue weighted by Gasteiger charge is 2.32. The second-order valence-electron chi connectivity index (χ2n) is 4.92. The van der Waals surface area contributed by atoms with E-state index in [2.05, 4.69) is 17.1 Å². The maximum Gasteiger partial charge on any atom is 0.275 e. The number of aromatic nitrogens is 2. The molecule has 1 aliphatic rings. The monoisotopic (exact) mass is 286 g/mol. The summed E-state index contributed by atoms with van der Waals surface area (Å²) < 4.78 is 23.3. The molecule has 1 atom stereocenters. The number of rotatable bonds is 3. The van der Waals surface area contributed by atoms with Gasteiger partial charge in [0.05, 0.1) is 5.69 Å². The van der Waals surface area contributed by atoms with Gasteiger partial charge in [-0.2, -0.15) is 5.10 Å². The number of sulfonamides is 1. The second kappa shape index (κ2) is 4.93. The molecule has 8 heteroatoms. The van der Waals surface area contributed by atoms with E-state index in [9.17, 15) is 13.2 Å². The summed E-state index contributed by atoms with van der Waals surface area (Å²) in [5.74, 6) is 0.0517. The fourth-order valence-corrected chi connectivity index (χ4v) is 3.26. The molecule has 1 fully saturated rings. The lowest BCUT2D eigenvalue weighted by atomic mass is 10.2. The first-order valence-corrected chi connectivity index (χ1v) is 7.78. The number of amides is 1. The van der Waals surface area contributed by atoms with Gasteiger partial charge in [0.2, 0.25) is 10.0 Å². The lowest BCUT2D eigenvalue weighted by molar-refractivity contribution is 0.0778. The Labute approximate surface area is 112 Å². The van der Waals surface area contributed by atoms with Crippen LogP contribution in [-0.4, -0.2) is 42.5 Å². The molecule has 1 amide bonds. The van der Waals surface area contributed by atoms with E-state index in [1.54, 1.807) is 11.8 Å². The highest BCUT2D eigenvalue weighted by Crippen LogP contribution is 2.22. The van der Waals surface area contributed by atoms with Gasteiger partial charge in [-0.05, 0) is 18.8 Å². The lowest BCUT2D eigenvalue weighted by Crippen LogP contribution is -2.30. The number of likely N-dealkylation sites (tertiary alicyclic amines) is 1. The van der Waals surface area contributed by atoms with Crippen LogP contribution in [-0.2, 0) is 16.4 Å². The van der Waals surface area contributed by atoms with E-state index in [0.29, 0.717) is 31.1 Å². The molecule has 1 aromatic rings. The minimum atomic E-state index is -3.96. The first-order valence-electron chi connectivity index (χ1n) is 6.24. The van der Waals surface area contributed by atoms with Crippen molar-refractivity contribution in [1.82, 2.24) is 15.1 Å². The van der Waals surface area contributed by atoms with Crippen LogP contribution in [0, 0.1) is 5.92 Å². The second-order valence-corrected chi connectivity index (χ2v) is 6.42. The van der Waals surface area contributed by atoms with Crippen LogP contribution in [0.3, 0.4) is 0 Å². The van der Waals surface area contributed by atoms with Crippen LogP contribution in [0.5, 0.6) is 0 Å². The zero-order valence-corrected chi connectivity index (χ0v) is 11.8. The van der Waals surface area contributed by atoms with Gasteiger partial charge in [0.25, 0.3) is 5.91 Å². The summed E-state index contributed by atoms with van der Waals surface area (Å²) in [7, 11) is -3.96. The molecule has 3 N–H and O–H groups in total. The van der Waals surface area contributed by atoms with Gasteiger partial charge in [0, 0.05) is 13.1 Å². The predicted octanol–water partition coefficient (Wildman–Crippen LogP) is 0.102. The number of carbonyl (C=O) groups excluding carboxylic acids is 1. The molecule has 0 aromatic carbocycles. The van der Waals surface area contributed by atoms with E-state index in [4.69, 9.17) is 5.14 Å². The first-order chi connectivity index (χ1) is 8.84. The van der Waals surface area contributed by atoms with E-state index < -0.39 is 10.0 Å². The van der Waals surface area contributed by atoms with Crippen molar-refractivity contribution in [3.05, 3.63) is 11.4 Å². The minimum Gasteiger partial charge on any atom is -0.337 e. The number of carbonyl (C=O) groups is 1. The lowest BCUT2D eigenvalue weighted by Gasteiger charge is -2.14. The number of nitrogens with two attached hydrogens (primary N) is 1. The third kappa shape index (κ3) is 2.64. The van der Waals surface area contributed by atoms with Crippen molar-refractivity contribution in [3.63, 3.8) is 0 Å². The summed E-state index contributed by atoms with van der Waals surface area (Å²) in [5.41, 5.74) is 0.284. The van der Waals surface area contributed by atoms with Gasteiger partial charge in [0.15, 0.2) is 5.69 Å². The van der Waals surface area contributed by atoms with E-state index in [-0.39, 0.29) is 16.5 Å². The molecule has 19 heavy (non-hydrogen) atoms. The average Bonchev–Trinajstić information content (AvgIpc) is 2.92. The van der Waals surface area contributed by atoms with E-state index in [1.165, 1.54) is 0 Å². The molecule has 1 aromatic heterocycles. The molecule has 7 nitrogen and oxygen atoms in total. The predicted molar refractivity (Wildman–Crippen MR) is 69.0 cm³/mol. The topological polar surface area (TPSA) is 109 Å². The van der Waals surface area contributed by atoms with Crippen LogP contribution in [0.1, 0.15) is 36.5 Å². The molecule has 106 valence electrons. The van der Waals surface area contributed by atoms with Gasteiger partial charge < -0.3 is 4.90 Å². The van der Waals surface area contributed by atoms with Gasteiger partial charge in [0.1, 0.15) is 4.90 Å². The Morgan fingerprint density at radius 2 is 2.26 bits per heavy atom. The number of nitrogens with one attached hydrogen (secondary N) is 1. The molecule has 0 radical (unpaired) electrons. The summed E-state index contributed by atoms with van der Waals surface area (Å²) >= 11 is 0. The smallest absolute Gasteiger partial charge is 0.275 e. The van der Waals surface area contributed by atoms with Crippen molar-refractivity contribution in [2.75, 3.05) is 13.1 Å². The number of aromatic amines is 1. The number of nitrogens with zero attached hydrogens (tertiary/aromatic N) is 2. The minimum absolute atomic E-state index is 0.0894. The Balaban J connectivity index is 2.40. The molecule has 1 aliphatic heterocycles. The number of primary sulfonamides is 1. The normalized spacial score (nSPS) is 19.9. The molecular weight excluding hydrogens is 268 g/mol. The van der Waals surface area contributed by atoms with Crippen molar-refractivity contribution in [1.29, 1.82) is 0 Å². The van der Waals surface area contributed by atoms with E-state index in [1.807, 2.05) is 0 Å². The first kappa shape index (κ1) is 14.0. The molecule has 1 saturated heterocycles. The summed E-state index contributed by atoms with van der Waals surface area (Å²) in [5, 5.41) is 11.6. The van der Waals surface area contributed by atoms with E-state index in [0.717, 1.165) is 6.42 Å². The van der Waals surface area contributed by atoms with Crippen LogP contribution in [0.15, 0.2) is 4.90 Å². The fourth-order valence-electron chi connectivity index (χ4n) is 2.33. The maximum absolute atomic E-state index is 12.3. The van der Waals surface area contributed by atoms with Crippen molar-refractivity contribution >= 4 is 15.9 Å². The third-order valence-electron chi connectivity index (χ3n) is 3.34. The number of hydrogen-bond acceptors (Lipinski definition) is 4. The van der Waals surface area contributed by atoms with Gasteiger partial charge in [-0.15, -0.1) is 0 Å². The molecular formula is C11H18N4O3S. The summed E-state index contributed by atoms with van der Waals surface area (Å²) in [6.07, 6.45) is 1.34. The van der Waals surface area contributed by atoms with Crippen LogP contribution in [0.4, 0.5) is 0 Å². The van der Waals surface area contributed by atoms with Gasteiger partial charge in [-0.1, -0.05) is 13.8 Å². The summed E-state index contributed by atoms with van der Waals surface area (Å²) in [6, 6.07) is 0. The molecule has 0 saturated carbocycles. The molecule has 0 bridgehead atoms. The SMILES string of the molecule is CCc1[nH]nc(C(=O)N2CCC(C)C2)c1S(N)(=O)=O. The van der Waals surface area contributed by atoms with Crippen LogP contribution in [0.25, 0.3) is 0 Å². The van der Waals surface area contributed by atoms with Crippen LogP contribution in [0.2, 0.25) is 0 Å². The zero-order valence-electron chi connectivity index (χ0n) is 11.0. The summed E-state index contributed by atoms with van der Waals surface area (Å²) in [6.45, 7) is 5.07.